The summed E-state index contributed by atoms with van der Waals surface area (Å²) in [5, 5.41) is 0.640. The largest absolute Gasteiger partial charge is 0.493 e. The predicted molar refractivity (Wildman–Crippen MR) is 142 cm³/mol. The average Bonchev–Trinajstić information content (AvgIpc) is 3.38. The number of rotatable bonds is 9. The fraction of sp³-hybridized carbons (Fsp3) is 0.269. The first-order valence-electron chi connectivity index (χ1n) is 11.4. The number of hydrogen-bond acceptors (Lipinski definition) is 6. The lowest BCUT2D eigenvalue weighted by molar-refractivity contribution is 0.0507. The van der Waals surface area contributed by atoms with Crippen LogP contribution in [0.25, 0.3) is 0 Å². The molecule has 0 bridgehead atoms. The maximum Gasteiger partial charge on any atom is 0.339 e. The van der Waals surface area contributed by atoms with Gasteiger partial charge in [-0.05, 0) is 60.9 Å². The summed E-state index contributed by atoms with van der Waals surface area (Å²) in [4.78, 5) is 14.9. The maximum absolute atomic E-state index is 13.4. The molecule has 0 aliphatic carbocycles. The van der Waals surface area contributed by atoms with E-state index >= 15 is 0 Å². The lowest BCUT2D eigenvalue weighted by Crippen LogP contribution is -2.37. The van der Waals surface area contributed by atoms with Crippen molar-refractivity contribution in [1.82, 2.24) is 4.90 Å². The van der Waals surface area contributed by atoms with Crippen LogP contribution in [0.3, 0.4) is 0 Å². The molecule has 1 aliphatic rings. The third kappa shape index (κ3) is 6.69. The molecular formula is C26H24Cl3NO6S. The van der Waals surface area contributed by atoms with Crippen LogP contribution in [0.15, 0.2) is 65.6 Å². The van der Waals surface area contributed by atoms with Crippen molar-refractivity contribution in [3.05, 3.63) is 86.9 Å². The molecule has 4 rings (SSSR count). The fourth-order valence-corrected chi connectivity index (χ4v) is 5.50. The lowest BCUT2D eigenvalue weighted by atomic mass is 10.1. The number of hydrogen-bond donors (Lipinski definition) is 0. The van der Waals surface area contributed by atoms with Crippen LogP contribution in [-0.2, 0) is 21.4 Å². The molecular weight excluding hydrogens is 561 g/mol. The van der Waals surface area contributed by atoms with E-state index in [9.17, 15) is 13.2 Å². The highest BCUT2D eigenvalue weighted by Crippen LogP contribution is 2.33. The normalized spacial score (nSPS) is 15.4. The number of ether oxygens (including phenoxy) is 2. The van der Waals surface area contributed by atoms with Crippen molar-refractivity contribution in [2.24, 2.45) is 0 Å². The second-order valence-electron chi connectivity index (χ2n) is 8.40. The summed E-state index contributed by atoms with van der Waals surface area (Å²) in [6.45, 7) is 1.16. The van der Waals surface area contributed by atoms with Crippen molar-refractivity contribution in [2.75, 3.05) is 20.3 Å². The van der Waals surface area contributed by atoms with Crippen LogP contribution in [-0.4, -0.2) is 45.6 Å². The highest BCUT2D eigenvalue weighted by atomic mass is 35.5. The Morgan fingerprint density at radius 3 is 2.46 bits per heavy atom. The molecule has 0 saturated carbocycles. The lowest BCUT2D eigenvalue weighted by Gasteiger charge is -2.26. The average molecular weight is 585 g/mol. The zero-order valence-corrected chi connectivity index (χ0v) is 22.9. The highest BCUT2D eigenvalue weighted by Gasteiger charge is 2.26. The van der Waals surface area contributed by atoms with E-state index in [1.807, 2.05) is 0 Å². The van der Waals surface area contributed by atoms with Gasteiger partial charge in [-0.1, -0.05) is 53.0 Å². The van der Waals surface area contributed by atoms with Gasteiger partial charge in [0.1, 0.15) is 4.90 Å². The molecule has 0 aromatic heterocycles. The van der Waals surface area contributed by atoms with Gasteiger partial charge in [-0.15, -0.1) is 0 Å². The smallest absolute Gasteiger partial charge is 0.339 e. The number of methoxy groups -OCH3 is 1. The van der Waals surface area contributed by atoms with Crippen molar-refractivity contribution >= 4 is 50.8 Å². The molecule has 37 heavy (non-hydrogen) atoms. The Balaban J connectivity index is 1.63. The molecule has 1 aliphatic heterocycles. The summed E-state index contributed by atoms with van der Waals surface area (Å²) in [6.07, 6.45) is 1.66. The SMILES string of the molecule is COc1ccc(CN(CC2CCCO2)C(=O)c2ccccc2Cl)cc1OS(=O)(=O)c1ccc(Cl)c(Cl)c1. The van der Waals surface area contributed by atoms with Crippen molar-refractivity contribution in [3.63, 3.8) is 0 Å². The van der Waals surface area contributed by atoms with Gasteiger partial charge in [0, 0.05) is 19.7 Å². The van der Waals surface area contributed by atoms with Crippen LogP contribution >= 0.6 is 34.8 Å². The molecule has 11 heteroatoms. The van der Waals surface area contributed by atoms with E-state index in [0.717, 1.165) is 12.8 Å². The Morgan fingerprint density at radius 2 is 1.78 bits per heavy atom. The van der Waals surface area contributed by atoms with E-state index in [0.29, 0.717) is 29.3 Å². The fourth-order valence-electron chi connectivity index (χ4n) is 3.96. The van der Waals surface area contributed by atoms with Gasteiger partial charge in [0.05, 0.1) is 33.8 Å². The Bertz CT molecular complexity index is 1390. The first-order valence-corrected chi connectivity index (χ1v) is 13.9. The molecule has 1 saturated heterocycles. The van der Waals surface area contributed by atoms with Crippen LogP contribution in [0.4, 0.5) is 0 Å². The van der Waals surface area contributed by atoms with Crippen molar-refractivity contribution in [3.8, 4) is 11.5 Å². The minimum absolute atomic E-state index is 0.0340. The highest BCUT2D eigenvalue weighted by molar-refractivity contribution is 7.87. The third-order valence-electron chi connectivity index (χ3n) is 5.82. The minimum Gasteiger partial charge on any atom is -0.493 e. The first-order chi connectivity index (χ1) is 17.7. The predicted octanol–water partition coefficient (Wildman–Crippen LogP) is 6.24. The van der Waals surface area contributed by atoms with Gasteiger partial charge in [-0.25, -0.2) is 0 Å². The van der Waals surface area contributed by atoms with Crippen LogP contribution in [0.2, 0.25) is 15.1 Å². The molecule has 3 aromatic rings. The number of nitrogens with zero attached hydrogens (tertiary/aromatic N) is 1. The van der Waals surface area contributed by atoms with Gasteiger partial charge in [0.15, 0.2) is 11.5 Å². The Morgan fingerprint density at radius 1 is 1.00 bits per heavy atom. The van der Waals surface area contributed by atoms with Gasteiger partial charge in [-0.2, -0.15) is 8.42 Å². The van der Waals surface area contributed by atoms with Crippen LogP contribution < -0.4 is 8.92 Å². The molecule has 0 N–H and O–H groups in total. The standard InChI is InChI=1S/C26H24Cl3NO6S/c1-34-24-11-8-17(13-25(24)36-37(32,33)19-9-10-22(28)23(29)14-19)15-30(16-18-5-4-12-35-18)26(31)20-6-2-3-7-21(20)27/h2-3,6-11,13-14,18H,4-5,12,15-16H2,1H3. The molecule has 0 radical (unpaired) electrons. The Kier molecular flexibility index (Phi) is 8.87. The third-order valence-corrected chi connectivity index (χ3v) is 8.12. The van der Waals surface area contributed by atoms with Crippen LogP contribution in [0.5, 0.6) is 11.5 Å². The molecule has 0 spiro atoms. The second kappa shape index (κ2) is 11.9. The van der Waals surface area contributed by atoms with E-state index in [-0.39, 0.29) is 45.0 Å². The molecule has 7 nitrogen and oxygen atoms in total. The number of carbonyl (C=O) groups excluding carboxylic acids is 1. The van der Waals surface area contributed by atoms with Crippen molar-refractivity contribution < 1.29 is 26.9 Å². The summed E-state index contributed by atoms with van der Waals surface area (Å²) in [7, 11) is -2.85. The molecule has 196 valence electrons. The van der Waals surface area contributed by atoms with E-state index in [1.54, 1.807) is 41.3 Å². The second-order valence-corrected chi connectivity index (χ2v) is 11.2. The summed E-state index contributed by atoms with van der Waals surface area (Å²) in [6, 6.07) is 15.5. The zero-order chi connectivity index (χ0) is 26.6. The molecule has 3 aromatic carbocycles. The molecule has 1 atom stereocenters. The monoisotopic (exact) mass is 583 g/mol. The summed E-state index contributed by atoms with van der Waals surface area (Å²) < 4.78 is 42.4. The number of halogens is 3. The van der Waals surface area contributed by atoms with Crippen molar-refractivity contribution in [1.29, 1.82) is 0 Å². The molecule has 1 amide bonds. The van der Waals surface area contributed by atoms with Gasteiger partial charge >= 0.3 is 10.1 Å². The van der Waals surface area contributed by atoms with E-state index in [4.69, 9.17) is 48.5 Å². The summed E-state index contributed by atoms with van der Waals surface area (Å²) in [5.74, 6) is -0.0911. The zero-order valence-electron chi connectivity index (χ0n) is 19.8. The first kappa shape index (κ1) is 27.5. The summed E-state index contributed by atoms with van der Waals surface area (Å²) in [5.41, 5.74) is 0.993. The summed E-state index contributed by atoms with van der Waals surface area (Å²) >= 11 is 18.2. The number of benzene rings is 3. The molecule has 1 heterocycles. The van der Waals surface area contributed by atoms with Crippen molar-refractivity contribution in [2.45, 2.75) is 30.4 Å². The molecule has 1 unspecified atom stereocenters. The Labute approximate surface area is 230 Å². The van der Waals surface area contributed by atoms with Crippen LogP contribution in [0, 0.1) is 0 Å². The van der Waals surface area contributed by atoms with Gasteiger partial charge in [-0.3, -0.25) is 4.79 Å². The van der Waals surface area contributed by atoms with Gasteiger partial charge < -0.3 is 18.6 Å². The minimum atomic E-state index is -4.26. The van der Waals surface area contributed by atoms with E-state index < -0.39 is 10.1 Å². The Hall–Kier alpha value is -2.49. The quantitative estimate of drug-likeness (QED) is 0.277. The van der Waals surface area contributed by atoms with Gasteiger partial charge in [0.2, 0.25) is 0 Å². The van der Waals surface area contributed by atoms with Crippen LogP contribution in [0.1, 0.15) is 28.8 Å². The van der Waals surface area contributed by atoms with E-state index in [1.165, 1.54) is 31.4 Å². The number of amides is 1. The van der Waals surface area contributed by atoms with Gasteiger partial charge in [0.25, 0.3) is 5.91 Å². The number of carbonyl (C=O) groups is 1. The van der Waals surface area contributed by atoms with E-state index in [2.05, 4.69) is 0 Å². The topological polar surface area (TPSA) is 82.1 Å². The maximum atomic E-state index is 13.4. The molecule has 1 fully saturated rings.